The van der Waals surface area contributed by atoms with Crippen molar-refractivity contribution in [2.24, 2.45) is 23.7 Å². The van der Waals surface area contributed by atoms with Crippen molar-refractivity contribution in [3.63, 3.8) is 0 Å². The van der Waals surface area contributed by atoms with Crippen LogP contribution in [-0.4, -0.2) is 39.0 Å². The highest BCUT2D eigenvalue weighted by molar-refractivity contribution is 7.90. The molecule has 1 amide bonds. The van der Waals surface area contributed by atoms with E-state index in [1.165, 1.54) is 5.56 Å². The van der Waals surface area contributed by atoms with Crippen molar-refractivity contribution in [1.29, 1.82) is 0 Å². The van der Waals surface area contributed by atoms with Crippen LogP contribution in [0.4, 0.5) is 5.69 Å². The van der Waals surface area contributed by atoms with Gasteiger partial charge in [0.05, 0.1) is 10.9 Å². The second kappa shape index (κ2) is 13.9. The van der Waals surface area contributed by atoms with Gasteiger partial charge in [0, 0.05) is 30.1 Å². The van der Waals surface area contributed by atoms with Crippen LogP contribution < -0.4 is 14.4 Å². The topological polar surface area (TPSA) is 92.8 Å². The maximum Gasteiger partial charge on any atom is 0.264 e. The minimum atomic E-state index is -3.94. The zero-order valence-corrected chi connectivity index (χ0v) is 26.7. The molecule has 5 atom stereocenters. The van der Waals surface area contributed by atoms with Crippen molar-refractivity contribution in [3.8, 4) is 5.75 Å². The average Bonchev–Trinajstić information content (AvgIpc) is 2.99. The number of allylic oxidation sites excluding steroid dienone is 2. The summed E-state index contributed by atoms with van der Waals surface area (Å²) in [5.74, 6) is 0.810. The summed E-state index contributed by atoms with van der Waals surface area (Å²) in [6.45, 7) is 5.55. The molecule has 0 radical (unpaired) electrons. The van der Waals surface area contributed by atoms with Crippen molar-refractivity contribution >= 4 is 39.5 Å². The molecular weight excluding hydrogens is 584 g/mol. The molecule has 5 rings (SSSR count). The predicted octanol–water partition coefficient (Wildman–Crippen LogP) is 6.73. The van der Waals surface area contributed by atoms with Crippen LogP contribution in [0.15, 0.2) is 48.6 Å². The van der Waals surface area contributed by atoms with Gasteiger partial charge in [0.2, 0.25) is 10.0 Å². The third-order valence-corrected chi connectivity index (χ3v) is 11.8. The molecule has 0 saturated heterocycles. The Morgan fingerprint density at radius 3 is 2.67 bits per heavy atom. The summed E-state index contributed by atoms with van der Waals surface area (Å²) in [7, 11) is -3.94. The highest BCUT2D eigenvalue weighted by Crippen LogP contribution is 2.40. The molecule has 2 aliphatic heterocycles. The number of aldehydes is 1. The van der Waals surface area contributed by atoms with Gasteiger partial charge in [-0.15, -0.1) is 0 Å². The molecule has 7 nitrogen and oxygen atoms in total. The summed E-state index contributed by atoms with van der Waals surface area (Å²) in [4.78, 5) is 26.9. The Hall–Kier alpha value is -2.84. The van der Waals surface area contributed by atoms with Gasteiger partial charge in [-0.05, 0) is 117 Å². The number of carbonyl (C=O) groups excluding carboxylic acids is 2. The summed E-state index contributed by atoms with van der Waals surface area (Å²) < 4.78 is 35.5. The molecule has 1 saturated carbocycles. The zero-order chi connectivity index (χ0) is 30.6. The molecule has 1 aliphatic carbocycles. The minimum Gasteiger partial charge on any atom is -0.487 e. The van der Waals surface area contributed by atoms with E-state index < -0.39 is 21.2 Å². The number of carbonyl (C=O) groups is 2. The number of ether oxygens (including phenoxy) is 1. The summed E-state index contributed by atoms with van der Waals surface area (Å²) in [6, 6.07) is 11.1. The molecule has 1 fully saturated rings. The second-order valence-electron chi connectivity index (χ2n) is 12.6. The molecule has 2 aromatic rings. The predicted molar refractivity (Wildman–Crippen MR) is 171 cm³/mol. The van der Waals surface area contributed by atoms with Gasteiger partial charge in [-0.3, -0.25) is 4.79 Å². The first-order valence-electron chi connectivity index (χ1n) is 15.6. The van der Waals surface area contributed by atoms with Gasteiger partial charge < -0.3 is 14.4 Å². The summed E-state index contributed by atoms with van der Waals surface area (Å²) in [5, 5.41) is -0.0619. The lowest BCUT2D eigenvalue weighted by Crippen LogP contribution is -2.41. The standard InChI is InChI=1S/C34H43ClN2O5S/c1-23-18-25(6-5-17-38)8-9-26-10-11-29(26)21-37-16-4-3-7-27-19-31(35)14-12-30(27)22-42-33-15-13-28(20-32(33)37)34(39)36-43(40,41)24(23)2/h8-9,12-15,17,19-20,23-26,29H,3-7,10-11,16,18,21-22H2,1-2H3,(H,36,39)/b9-8+/t23-,24+,25+,26+,29-/m0/s1. The van der Waals surface area contributed by atoms with Gasteiger partial charge in [0.15, 0.2) is 0 Å². The lowest BCUT2D eigenvalue weighted by atomic mass is 9.72. The number of fused-ring (bicyclic) bond motifs is 3. The number of aryl methyl sites for hydroxylation is 1. The lowest BCUT2D eigenvalue weighted by Gasteiger charge is -2.40. The average molecular weight is 627 g/mol. The van der Waals surface area contributed by atoms with E-state index in [0.717, 1.165) is 62.7 Å². The first-order chi connectivity index (χ1) is 20.6. The van der Waals surface area contributed by atoms with Crippen molar-refractivity contribution in [2.45, 2.75) is 77.1 Å². The minimum absolute atomic E-state index is 0.100. The first-order valence-corrected chi connectivity index (χ1v) is 17.5. The molecular formula is C34H43ClN2O5S. The van der Waals surface area contributed by atoms with Crippen LogP contribution in [0.3, 0.4) is 0 Å². The molecule has 0 spiro atoms. The van der Waals surface area contributed by atoms with Gasteiger partial charge in [-0.25, -0.2) is 13.1 Å². The first kappa shape index (κ1) is 31.6. The SMILES string of the molecule is C[C@@H]1[C@@H](C)C[C@H](CCC=O)/C=C/[C@@H]2CC[C@H]2CN2CCCCc3cc(Cl)ccc3COc3ccc(cc32)C(=O)NS1(=O)=O. The Morgan fingerprint density at radius 2 is 1.91 bits per heavy atom. The number of halogens is 1. The fourth-order valence-corrected chi connectivity index (χ4v) is 8.05. The van der Waals surface area contributed by atoms with E-state index in [2.05, 4.69) is 21.8 Å². The summed E-state index contributed by atoms with van der Waals surface area (Å²) in [5.41, 5.74) is 3.38. The molecule has 9 heteroatoms. The number of hydrogen-bond donors (Lipinski definition) is 1. The van der Waals surface area contributed by atoms with Crippen molar-refractivity contribution in [1.82, 2.24) is 4.72 Å². The quantitative estimate of drug-likeness (QED) is 0.300. The number of rotatable bonds is 3. The van der Waals surface area contributed by atoms with Crippen molar-refractivity contribution in [3.05, 3.63) is 70.3 Å². The maximum atomic E-state index is 13.4. The number of benzene rings is 2. The smallest absolute Gasteiger partial charge is 0.264 e. The van der Waals surface area contributed by atoms with Crippen LogP contribution in [0.2, 0.25) is 5.02 Å². The second-order valence-corrected chi connectivity index (χ2v) is 15.0. The molecule has 2 aromatic carbocycles. The maximum absolute atomic E-state index is 13.4. The normalized spacial score (nSPS) is 28.5. The van der Waals surface area contributed by atoms with Crippen LogP contribution >= 0.6 is 11.6 Å². The largest absolute Gasteiger partial charge is 0.487 e. The van der Waals surface area contributed by atoms with Crippen LogP contribution in [0.1, 0.15) is 80.3 Å². The van der Waals surface area contributed by atoms with Crippen LogP contribution in [-0.2, 0) is 27.8 Å². The lowest BCUT2D eigenvalue weighted by molar-refractivity contribution is -0.108. The molecule has 2 bridgehead atoms. The van der Waals surface area contributed by atoms with E-state index in [-0.39, 0.29) is 11.8 Å². The fourth-order valence-electron chi connectivity index (χ4n) is 6.57. The summed E-state index contributed by atoms with van der Waals surface area (Å²) in [6.07, 6.45) is 12.3. The molecule has 1 N–H and O–H groups in total. The molecule has 0 unspecified atom stereocenters. The van der Waals surface area contributed by atoms with Crippen molar-refractivity contribution in [2.75, 3.05) is 18.0 Å². The Bertz CT molecular complexity index is 1460. The molecule has 0 aromatic heterocycles. The zero-order valence-electron chi connectivity index (χ0n) is 25.1. The van der Waals surface area contributed by atoms with Gasteiger partial charge in [0.25, 0.3) is 5.91 Å². The number of hydrogen-bond acceptors (Lipinski definition) is 6. The third kappa shape index (κ3) is 7.63. The van der Waals surface area contributed by atoms with Gasteiger partial charge in [-0.1, -0.05) is 36.7 Å². The van der Waals surface area contributed by atoms with Crippen LogP contribution in [0, 0.1) is 23.7 Å². The molecule has 2 heterocycles. The van der Waals surface area contributed by atoms with Crippen molar-refractivity contribution < 1.29 is 22.7 Å². The highest BCUT2D eigenvalue weighted by Gasteiger charge is 2.34. The van der Waals surface area contributed by atoms with Gasteiger partial charge in [0.1, 0.15) is 18.6 Å². The number of nitrogens with one attached hydrogen (secondary N) is 1. The van der Waals surface area contributed by atoms with Gasteiger partial charge in [-0.2, -0.15) is 0 Å². The Morgan fingerprint density at radius 1 is 1.07 bits per heavy atom. The van der Waals surface area contributed by atoms with E-state index in [1.807, 2.05) is 25.1 Å². The Balaban J connectivity index is 1.52. The monoisotopic (exact) mass is 626 g/mol. The van der Waals surface area contributed by atoms with Gasteiger partial charge >= 0.3 is 0 Å². The Labute approximate surface area is 261 Å². The molecule has 3 aliphatic rings. The molecule has 232 valence electrons. The number of sulfonamides is 1. The molecule has 43 heavy (non-hydrogen) atoms. The van der Waals surface area contributed by atoms with E-state index in [4.69, 9.17) is 16.3 Å². The van der Waals surface area contributed by atoms with Crippen LogP contribution in [0.25, 0.3) is 0 Å². The summed E-state index contributed by atoms with van der Waals surface area (Å²) >= 11 is 6.32. The third-order valence-electron chi connectivity index (χ3n) is 9.65. The number of amides is 1. The van der Waals surface area contributed by atoms with E-state index in [9.17, 15) is 18.0 Å². The van der Waals surface area contributed by atoms with E-state index in [1.54, 1.807) is 25.1 Å². The fraction of sp³-hybridized carbons (Fsp3) is 0.529. The Kier molecular flexibility index (Phi) is 10.2. The highest BCUT2D eigenvalue weighted by atomic mass is 35.5. The van der Waals surface area contributed by atoms with E-state index >= 15 is 0 Å². The van der Waals surface area contributed by atoms with Crippen LogP contribution in [0.5, 0.6) is 5.75 Å². The van der Waals surface area contributed by atoms with E-state index in [0.29, 0.717) is 54.0 Å². The number of nitrogens with zero attached hydrogens (tertiary/aromatic N) is 1. The number of anilines is 1.